The van der Waals surface area contributed by atoms with E-state index in [2.05, 4.69) is 5.32 Å². The second kappa shape index (κ2) is 8.91. The van der Waals surface area contributed by atoms with Crippen molar-refractivity contribution in [3.63, 3.8) is 0 Å². The van der Waals surface area contributed by atoms with E-state index in [1.165, 1.54) is 0 Å². The summed E-state index contributed by atoms with van der Waals surface area (Å²) in [5.41, 5.74) is 6.55. The van der Waals surface area contributed by atoms with E-state index in [1.54, 1.807) is 7.11 Å². The highest BCUT2D eigenvalue weighted by Gasteiger charge is 2.14. The van der Waals surface area contributed by atoms with Gasteiger partial charge in [-0.05, 0) is 12.5 Å². The third-order valence-electron chi connectivity index (χ3n) is 2.69. The van der Waals surface area contributed by atoms with Crippen molar-refractivity contribution in [2.45, 2.75) is 25.5 Å². The highest BCUT2D eigenvalue weighted by Crippen LogP contribution is 2.11. The van der Waals surface area contributed by atoms with E-state index in [-0.39, 0.29) is 30.5 Å². The average Bonchev–Trinajstić information content (AvgIpc) is 2.37. The van der Waals surface area contributed by atoms with Gasteiger partial charge in [0.25, 0.3) is 0 Å². The number of benzene rings is 1. The average molecular weight is 273 g/mol. The van der Waals surface area contributed by atoms with Crippen LogP contribution in [0.1, 0.15) is 24.9 Å². The molecule has 0 radical (unpaired) electrons. The third-order valence-corrected chi connectivity index (χ3v) is 2.69. The van der Waals surface area contributed by atoms with E-state index in [4.69, 9.17) is 10.5 Å². The molecular formula is C13H21ClN2O2. The molecule has 0 aromatic heterocycles. The molecule has 0 aliphatic heterocycles. The monoisotopic (exact) mass is 272 g/mol. The first-order valence-corrected chi connectivity index (χ1v) is 5.74. The van der Waals surface area contributed by atoms with Gasteiger partial charge in [-0.15, -0.1) is 12.4 Å². The van der Waals surface area contributed by atoms with Crippen LogP contribution >= 0.6 is 12.4 Å². The van der Waals surface area contributed by atoms with Gasteiger partial charge in [0.15, 0.2) is 0 Å². The molecule has 0 heterocycles. The summed E-state index contributed by atoms with van der Waals surface area (Å²) < 4.78 is 5.07. The van der Waals surface area contributed by atoms with Crippen molar-refractivity contribution >= 4 is 18.3 Å². The van der Waals surface area contributed by atoms with E-state index in [9.17, 15) is 4.79 Å². The van der Waals surface area contributed by atoms with Gasteiger partial charge in [0.2, 0.25) is 5.91 Å². The Balaban J connectivity index is 0.00000289. The van der Waals surface area contributed by atoms with Crippen LogP contribution in [0.25, 0.3) is 0 Å². The highest BCUT2D eigenvalue weighted by molar-refractivity contribution is 5.85. The Labute approximate surface area is 114 Å². The van der Waals surface area contributed by atoms with Gasteiger partial charge in [-0.3, -0.25) is 4.79 Å². The molecule has 1 aromatic rings. The van der Waals surface area contributed by atoms with Gasteiger partial charge in [-0.2, -0.15) is 0 Å². The topological polar surface area (TPSA) is 64.3 Å². The number of amides is 1. The molecule has 1 rings (SSSR count). The summed E-state index contributed by atoms with van der Waals surface area (Å²) in [7, 11) is 1.56. The van der Waals surface area contributed by atoms with Crippen LogP contribution in [-0.2, 0) is 9.53 Å². The molecule has 0 fully saturated rings. The summed E-state index contributed by atoms with van der Waals surface area (Å²) in [5, 5.41) is 2.92. The molecule has 5 heteroatoms. The van der Waals surface area contributed by atoms with Gasteiger partial charge in [0.05, 0.1) is 18.6 Å². The van der Waals surface area contributed by atoms with Crippen LogP contribution in [0.3, 0.4) is 0 Å². The van der Waals surface area contributed by atoms with Crippen LogP contribution in [0.15, 0.2) is 30.3 Å². The number of carbonyl (C=O) groups excluding carboxylic acids is 1. The molecule has 0 spiro atoms. The van der Waals surface area contributed by atoms with Gasteiger partial charge >= 0.3 is 0 Å². The highest BCUT2D eigenvalue weighted by atomic mass is 35.5. The van der Waals surface area contributed by atoms with Crippen LogP contribution in [0.2, 0.25) is 0 Å². The minimum absolute atomic E-state index is 0. The van der Waals surface area contributed by atoms with Gasteiger partial charge < -0.3 is 15.8 Å². The molecule has 18 heavy (non-hydrogen) atoms. The summed E-state index contributed by atoms with van der Waals surface area (Å²) >= 11 is 0. The summed E-state index contributed by atoms with van der Waals surface area (Å²) in [6, 6.07) is 9.83. The Morgan fingerprint density at radius 3 is 2.50 bits per heavy atom. The molecule has 1 amide bonds. The summed E-state index contributed by atoms with van der Waals surface area (Å²) in [6.45, 7) is 2.31. The van der Waals surface area contributed by atoms with Gasteiger partial charge in [-0.1, -0.05) is 30.3 Å². The number of methoxy groups -OCH3 is 1. The lowest BCUT2D eigenvalue weighted by Crippen LogP contribution is -2.33. The van der Waals surface area contributed by atoms with Gasteiger partial charge in [0.1, 0.15) is 0 Å². The SMILES string of the molecule is COC(CN)CC(=O)NC(C)c1ccccc1.Cl. The summed E-state index contributed by atoms with van der Waals surface area (Å²) in [6.07, 6.45) is 0.0856. The van der Waals surface area contributed by atoms with Gasteiger partial charge in [0, 0.05) is 13.7 Å². The number of halogens is 1. The zero-order valence-electron chi connectivity index (χ0n) is 10.8. The van der Waals surface area contributed by atoms with Crippen molar-refractivity contribution in [1.29, 1.82) is 0 Å². The fourth-order valence-corrected chi connectivity index (χ4v) is 1.60. The maximum atomic E-state index is 11.7. The first-order chi connectivity index (χ1) is 8.17. The summed E-state index contributed by atoms with van der Waals surface area (Å²) in [5.74, 6) is -0.0429. The molecule has 0 bridgehead atoms. The molecule has 2 atom stereocenters. The fourth-order valence-electron chi connectivity index (χ4n) is 1.60. The fraction of sp³-hybridized carbons (Fsp3) is 0.462. The lowest BCUT2D eigenvalue weighted by atomic mass is 10.1. The van der Waals surface area contributed by atoms with Crippen LogP contribution in [0.5, 0.6) is 0 Å². The number of carbonyl (C=O) groups is 1. The molecule has 0 saturated heterocycles. The largest absolute Gasteiger partial charge is 0.380 e. The van der Waals surface area contributed by atoms with Crippen molar-refractivity contribution in [2.24, 2.45) is 5.73 Å². The molecule has 3 N–H and O–H groups in total. The van der Waals surface area contributed by atoms with Crippen LogP contribution < -0.4 is 11.1 Å². The first-order valence-electron chi connectivity index (χ1n) is 5.74. The lowest BCUT2D eigenvalue weighted by molar-refractivity contribution is -0.124. The first kappa shape index (κ1) is 16.9. The van der Waals surface area contributed by atoms with Crippen LogP contribution in [-0.4, -0.2) is 25.7 Å². The zero-order chi connectivity index (χ0) is 12.7. The van der Waals surface area contributed by atoms with E-state index >= 15 is 0 Å². The normalized spacial score (nSPS) is 13.3. The van der Waals surface area contributed by atoms with Crippen molar-refractivity contribution in [3.8, 4) is 0 Å². The number of hydrogen-bond donors (Lipinski definition) is 2. The number of rotatable bonds is 6. The second-order valence-corrected chi connectivity index (χ2v) is 4.00. The Hall–Kier alpha value is -1.10. The smallest absolute Gasteiger partial charge is 0.223 e. The van der Waals surface area contributed by atoms with Crippen molar-refractivity contribution in [2.75, 3.05) is 13.7 Å². The third kappa shape index (κ3) is 5.49. The van der Waals surface area contributed by atoms with Gasteiger partial charge in [-0.25, -0.2) is 0 Å². The van der Waals surface area contributed by atoms with Crippen LogP contribution in [0.4, 0.5) is 0 Å². The maximum Gasteiger partial charge on any atom is 0.223 e. The maximum absolute atomic E-state index is 11.7. The Morgan fingerprint density at radius 2 is 2.00 bits per heavy atom. The Morgan fingerprint density at radius 1 is 1.39 bits per heavy atom. The predicted octanol–water partition coefficient (Wildman–Crippen LogP) is 1.65. The van der Waals surface area contributed by atoms with E-state index in [1.807, 2.05) is 37.3 Å². The van der Waals surface area contributed by atoms with E-state index < -0.39 is 0 Å². The molecule has 102 valence electrons. The molecule has 2 unspecified atom stereocenters. The Kier molecular flexibility index (Phi) is 8.37. The minimum atomic E-state index is -0.210. The number of nitrogens with one attached hydrogen (secondary N) is 1. The lowest BCUT2D eigenvalue weighted by Gasteiger charge is -2.17. The van der Waals surface area contributed by atoms with Crippen molar-refractivity contribution in [1.82, 2.24) is 5.32 Å². The number of nitrogens with two attached hydrogens (primary N) is 1. The van der Waals surface area contributed by atoms with Crippen LogP contribution in [0, 0.1) is 0 Å². The predicted molar refractivity (Wildman–Crippen MR) is 74.7 cm³/mol. The molecule has 1 aromatic carbocycles. The molecule has 0 aliphatic rings. The second-order valence-electron chi connectivity index (χ2n) is 4.00. The van der Waals surface area contributed by atoms with E-state index in [0.717, 1.165) is 5.56 Å². The van der Waals surface area contributed by atoms with Crippen molar-refractivity contribution < 1.29 is 9.53 Å². The molecule has 0 saturated carbocycles. The molecule has 0 aliphatic carbocycles. The standard InChI is InChI=1S/C13H20N2O2.ClH/c1-10(11-6-4-3-5-7-11)15-13(16)8-12(9-14)17-2;/h3-7,10,12H,8-9,14H2,1-2H3,(H,15,16);1H. The number of ether oxygens (including phenoxy) is 1. The zero-order valence-corrected chi connectivity index (χ0v) is 11.6. The molecular weight excluding hydrogens is 252 g/mol. The van der Waals surface area contributed by atoms with Crippen molar-refractivity contribution in [3.05, 3.63) is 35.9 Å². The minimum Gasteiger partial charge on any atom is -0.380 e. The van der Waals surface area contributed by atoms with E-state index in [0.29, 0.717) is 13.0 Å². The molecule has 4 nitrogen and oxygen atoms in total. The summed E-state index contributed by atoms with van der Waals surface area (Å²) in [4.78, 5) is 11.7. The Bertz CT molecular complexity index is 342. The quantitative estimate of drug-likeness (QED) is 0.828. The number of hydrogen-bond acceptors (Lipinski definition) is 3.